The predicted octanol–water partition coefficient (Wildman–Crippen LogP) is 1.73. The average Bonchev–Trinajstić information content (AvgIpc) is 3.02. The number of nitrogens with one attached hydrogen (secondary N) is 1. The Balaban J connectivity index is 1.83. The minimum Gasteiger partial charge on any atom is -0.463 e. The van der Waals surface area contributed by atoms with E-state index in [1.165, 1.54) is 13.5 Å². The summed E-state index contributed by atoms with van der Waals surface area (Å²) in [4.78, 5) is 25.3. The molecule has 2 heterocycles. The first-order chi connectivity index (χ1) is 10.1. The Morgan fingerprint density at radius 3 is 2.71 bits per heavy atom. The molecule has 0 aromatic carbocycles. The second-order valence-electron chi connectivity index (χ2n) is 5.24. The summed E-state index contributed by atoms with van der Waals surface area (Å²) in [6, 6.07) is 3.15. The number of methoxy groups -OCH3 is 1. The number of carbonyl (C=O) groups is 2. The van der Waals surface area contributed by atoms with Gasteiger partial charge in [-0.1, -0.05) is 0 Å². The number of piperidine rings is 1. The molecule has 1 aliphatic heterocycles. The Morgan fingerprint density at radius 2 is 2.05 bits per heavy atom. The first kappa shape index (κ1) is 15.6. The molecule has 1 amide bonds. The van der Waals surface area contributed by atoms with E-state index in [9.17, 15) is 9.59 Å². The quantitative estimate of drug-likeness (QED) is 0.837. The predicted molar refractivity (Wildman–Crippen MR) is 76.9 cm³/mol. The minimum atomic E-state index is -0.502. The van der Waals surface area contributed by atoms with E-state index in [0.29, 0.717) is 5.76 Å². The number of carbonyl (C=O) groups excluding carboxylic acids is 2. The fourth-order valence-corrected chi connectivity index (χ4v) is 2.39. The SMILES string of the molecule is COC(=O)c1ccc(C(C)NCC(=O)N2CCCCC2)o1. The van der Waals surface area contributed by atoms with Crippen molar-refractivity contribution >= 4 is 11.9 Å². The van der Waals surface area contributed by atoms with Gasteiger partial charge in [0, 0.05) is 13.1 Å². The summed E-state index contributed by atoms with van der Waals surface area (Å²) < 4.78 is 10.0. The van der Waals surface area contributed by atoms with Crippen LogP contribution in [0.3, 0.4) is 0 Å². The second-order valence-corrected chi connectivity index (χ2v) is 5.24. The molecule has 0 bridgehead atoms. The van der Waals surface area contributed by atoms with Crippen molar-refractivity contribution in [3.63, 3.8) is 0 Å². The number of likely N-dealkylation sites (tertiary alicyclic amines) is 1. The molecule has 6 nitrogen and oxygen atoms in total. The van der Waals surface area contributed by atoms with Crippen LogP contribution in [0.5, 0.6) is 0 Å². The maximum absolute atomic E-state index is 12.1. The van der Waals surface area contributed by atoms with Gasteiger partial charge in [0.05, 0.1) is 19.7 Å². The minimum absolute atomic E-state index is 0.112. The van der Waals surface area contributed by atoms with Gasteiger partial charge in [-0.15, -0.1) is 0 Å². The molecule has 1 unspecified atom stereocenters. The standard InChI is InChI=1S/C15H22N2O4/c1-11(12-6-7-13(21-12)15(19)20-2)16-10-14(18)17-8-4-3-5-9-17/h6-7,11,16H,3-5,8-10H2,1-2H3. The number of rotatable bonds is 5. The molecule has 1 saturated heterocycles. The number of hydrogen-bond donors (Lipinski definition) is 1. The zero-order valence-electron chi connectivity index (χ0n) is 12.6. The maximum atomic E-state index is 12.1. The molecule has 0 saturated carbocycles. The van der Waals surface area contributed by atoms with Crippen LogP contribution in [0.15, 0.2) is 16.5 Å². The number of hydrogen-bond acceptors (Lipinski definition) is 5. The summed E-state index contributed by atoms with van der Waals surface area (Å²) in [7, 11) is 1.31. The van der Waals surface area contributed by atoms with Crippen LogP contribution in [0.4, 0.5) is 0 Å². The average molecular weight is 294 g/mol. The smallest absolute Gasteiger partial charge is 0.373 e. The Morgan fingerprint density at radius 1 is 1.33 bits per heavy atom. The molecule has 0 radical (unpaired) electrons. The van der Waals surface area contributed by atoms with E-state index in [2.05, 4.69) is 10.1 Å². The summed E-state index contributed by atoms with van der Waals surface area (Å²) in [5.41, 5.74) is 0. The van der Waals surface area contributed by atoms with Gasteiger partial charge in [-0.3, -0.25) is 10.1 Å². The molecule has 2 rings (SSSR count). The number of esters is 1. The van der Waals surface area contributed by atoms with Crippen LogP contribution in [0.1, 0.15) is 48.5 Å². The molecule has 1 aliphatic rings. The molecular weight excluding hydrogens is 272 g/mol. The lowest BCUT2D eigenvalue weighted by atomic mass is 10.1. The second kappa shape index (κ2) is 7.26. The summed E-state index contributed by atoms with van der Waals surface area (Å²) >= 11 is 0. The summed E-state index contributed by atoms with van der Waals surface area (Å²) in [5.74, 6) is 0.393. The van der Waals surface area contributed by atoms with Crippen molar-refractivity contribution in [2.24, 2.45) is 0 Å². The van der Waals surface area contributed by atoms with E-state index in [1.54, 1.807) is 12.1 Å². The molecule has 1 N–H and O–H groups in total. The zero-order valence-corrected chi connectivity index (χ0v) is 12.6. The summed E-state index contributed by atoms with van der Waals surface area (Å²) in [6.45, 7) is 3.86. The third-order valence-electron chi connectivity index (χ3n) is 3.71. The topological polar surface area (TPSA) is 71.8 Å². The Bertz CT molecular complexity index is 492. The van der Waals surface area contributed by atoms with Crippen LogP contribution < -0.4 is 5.32 Å². The van der Waals surface area contributed by atoms with E-state index < -0.39 is 5.97 Å². The first-order valence-corrected chi connectivity index (χ1v) is 7.31. The molecule has 116 valence electrons. The monoisotopic (exact) mass is 294 g/mol. The molecular formula is C15H22N2O4. The zero-order chi connectivity index (χ0) is 15.2. The van der Waals surface area contributed by atoms with Crippen molar-refractivity contribution in [1.82, 2.24) is 10.2 Å². The molecule has 0 spiro atoms. The van der Waals surface area contributed by atoms with Gasteiger partial charge in [-0.25, -0.2) is 4.79 Å². The number of amides is 1. The molecule has 6 heteroatoms. The van der Waals surface area contributed by atoms with Crippen molar-refractivity contribution in [2.45, 2.75) is 32.2 Å². The highest BCUT2D eigenvalue weighted by atomic mass is 16.5. The van der Waals surface area contributed by atoms with E-state index in [4.69, 9.17) is 4.42 Å². The lowest BCUT2D eigenvalue weighted by Crippen LogP contribution is -2.41. The van der Waals surface area contributed by atoms with Crippen molar-refractivity contribution in [3.8, 4) is 0 Å². The molecule has 1 atom stereocenters. The lowest BCUT2D eigenvalue weighted by Gasteiger charge is -2.27. The van der Waals surface area contributed by atoms with Gasteiger partial charge in [0.25, 0.3) is 0 Å². The Hall–Kier alpha value is -1.82. The normalized spacial score (nSPS) is 16.6. The maximum Gasteiger partial charge on any atom is 0.373 e. The van der Waals surface area contributed by atoms with Gasteiger partial charge < -0.3 is 14.1 Å². The number of nitrogens with zero attached hydrogens (tertiary/aromatic N) is 1. The van der Waals surface area contributed by atoms with Crippen LogP contribution in [0.25, 0.3) is 0 Å². The largest absolute Gasteiger partial charge is 0.463 e. The fraction of sp³-hybridized carbons (Fsp3) is 0.600. The van der Waals surface area contributed by atoms with E-state index >= 15 is 0 Å². The highest BCUT2D eigenvalue weighted by molar-refractivity contribution is 5.86. The van der Waals surface area contributed by atoms with Crippen LogP contribution in [-0.4, -0.2) is 43.5 Å². The lowest BCUT2D eigenvalue weighted by molar-refractivity contribution is -0.131. The number of ether oxygens (including phenoxy) is 1. The summed E-state index contributed by atoms with van der Waals surface area (Å²) in [5, 5.41) is 3.13. The third-order valence-corrected chi connectivity index (χ3v) is 3.71. The van der Waals surface area contributed by atoms with Crippen molar-refractivity contribution < 1.29 is 18.7 Å². The Kier molecular flexibility index (Phi) is 5.38. The third kappa shape index (κ3) is 4.07. The van der Waals surface area contributed by atoms with E-state index in [0.717, 1.165) is 25.9 Å². The van der Waals surface area contributed by atoms with Crippen LogP contribution >= 0.6 is 0 Å². The van der Waals surface area contributed by atoms with Crippen molar-refractivity contribution in [2.75, 3.05) is 26.7 Å². The van der Waals surface area contributed by atoms with Crippen molar-refractivity contribution in [1.29, 1.82) is 0 Å². The molecule has 21 heavy (non-hydrogen) atoms. The van der Waals surface area contributed by atoms with Gasteiger partial charge in [-0.05, 0) is 38.3 Å². The van der Waals surface area contributed by atoms with Gasteiger partial charge in [-0.2, -0.15) is 0 Å². The van der Waals surface area contributed by atoms with E-state index in [1.807, 2.05) is 11.8 Å². The molecule has 1 aromatic heterocycles. The Labute approximate surface area is 124 Å². The molecule has 1 aromatic rings. The van der Waals surface area contributed by atoms with Crippen LogP contribution in [0, 0.1) is 0 Å². The van der Waals surface area contributed by atoms with Gasteiger partial charge in [0.15, 0.2) is 0 Å². The molecule has 0 aliphatic carbocycles. The van der Waals surface area contributed by atoms with E-state index in [-0.39, 0.29) is 24.3 Å². The fourth-order valence-electron chi connectivity index (χ4n) is 2.39. The van der Waals surface area contributed by atoms with Crippen molar-refractivity contribution in [3.05, 3.63) is 23.7 Å². The first-order valence-electron chi connectivity index (χ1n) is 7.31. The van der Waals surface area contributed by atoms with Gasteiger partial charge in [0.2, 0.25) is 11.7 Å². The molecule has 1 fully saturated rings. The highest BCUT2D eigenvalue weighted by Gasteiger charge is 2.19. The van der Waals surface area contributed by atoms with Crippen LogP contribution in [0.2, 0.25) is 0 Å². The van der Waals surface area contributed by atoms with Crippen LogP contribution in [-0.2, 0) is 9.53 Å². The highest BCUT2D eigenvalue weighted by Crippen LogP contribution is 2.17. The van der Waals surface area contributed by atoms with Gasteiger partial charge in [0.1, 0.15) is 5.76 Å². The van der Waals surface area contributed by atoms with Gasteiger partial charge >= 0.3 is 5.97 Å². The summed E-state index contributed by atoms with van der Waals surface area (Å²) in [6.07, 6.45) is 3.38. The number of furan rings is 1.